The van der Waals surface area contributed by atoms with Crippen LogP contribution in [0.25, 0.3) is 0 Å². The minimum absolute atomic E-state index is 0.153. The maximum absolute atomic E-state index is 12.2. The Morgan fingerprint density at radius 1 is 1.28 bits per heavy atom. The molecule has 1 aromatic rings. The third-order valence-electron chi connectivity index (χ3n) is 3.69. The molecule has 1 aromatic carbocycles. The van der Waals surface area contributed by atoms with Crippen molar-refractivity contribution in [1.82, 2.24) is 10.2 Å². The summed E-state index contributed by atoms with van der Waals surface area (Å²) in [4.78, 5) is 14.2. The second kappa shape index (κ2) is 5.08. The lowest BCUT2D eigenvalue weighted by atomic mass is 10.1. The van der Waals surface area contributed by atoms with Crippen molar-refractivity contribution in [2.24, 2.45) is 0 Å². The Hall–Kier alpha value is -1.39. The van der Waals surface area contributed by atoms with Crippen LogP contribution in [0.3, 0.4) is 0 Å². The molecular weight excluding hydrogens is 228 g/mol. The molecule has 2 heterocycles. The molecule has 0 radical (unpaired) electrons. The summed E-state index contributed by atoms with van der Waals surface area (Å²) in [7, 11) is 0. The van der Waals surface area contributed by atoms with Crippen LogP contribution < -0.4 is 5.32 Å². The van der Waals surface area contributed by atoms with Crippen molar-refractivity contribution in [3.05, 3.63) is 35.9 Å². The van der Waals surface area contributed by atoms with Gasteiger partial charge in [-0.25, -0.2) is 0 Å². The minimum atomic E-state index is 0.153. The predicted octanol–water partition coefficient (Wildman–Crippen LogP) is 0.776. The molecule has 2 atom stereocenters. The van der Waals surface area contributed by atoms with E-state index in [1.54, 1.807) is 0 Å². The average molecular weight is 246 g/mol. The highest BCUT2D eigenvalue weighted by molar-refractivity contribution is 5.77. The molecule has 2 fully saturated rings. The number of amides is 1. The highest BCUT2D eigenvalue weighted by Crippen LogP contribution is 2.20. The molecule has 4 heteroatoms. The summed E-state index contributed by atoms with van der Waals surface area (Å²) in [6, 6.07) is 10.3. The summed E-state index contributed by atoms with van der Waals surface area (Å²) >= 11 is 0. The van der Waals surface area contributed by atoms with E-state index >= 15 is 0 Å². The fourth-order valence-corrected chi connectivity index (χ4v) is 2.73. The van der Waals surface area contributed by atoms with E-state index in [2.05, 4.69) is 17.4 Å². The average Bonchev–Trinajstić information content (AvgIpc) is 2.80. The number of nitrogens with one attached hydrogen (secondary N) is 1. The Balaban J connectivity index is 1.80. The van der Waals surface area contributed by atoms with Crippen LogP contribution in [0, 0.1) is 0 Å². The smallest absolute Gasteiger partial charge is 0.225 e. The normalized spacial score (nSPS) is 28.0. The van der Waals surface area contributed by atoms with E-state index < -0.39 is 0 Å². The van der Waals surface area contributed by atoms with Crippen LogP contribution >= 0.6 is 0 Å². The fraction of sp³-hybridized carbons (Fsp3) is 0.500. The first kappa shape index (κ1) is 11.7. The molecule has 2 saturated heterocycles. The molecule has 0 aliphatic carbocycles. The number of nitrogens with zero attached hydrogens (tertiary/aromatic N) is 1. The van der Waals surface area contributed by atoms with Gasteiger partial charge in [0.25, 0.3) is 0 Å². The van der Waals surface area contributed by atoms with E-state index in [0.717, 1.165) is 13.1 Å². The monoisotopic (exact) mass is 246 g/mol. The lowest BCUT2D eigenvalue weighted by Gasteiger charge is -2.29. The zero-order chi connectivity index (χ0) is 12.4. The van der Waals surface area contributed by atoms with Crippen molar-refractivity contribution in [3.8, 4) is 0 Å². The van der Waals surface area contributed by atoms with Crippen molar-refractivity contribution < 1.29 is 9.53 Å². The summed E-state index contributed by atoms with van der Waals surface area (Å²) in [5.74, 6) is 0.204. The van der Waals surface area contributed by atoms with Gasteiger partial charge in [0.05, 0.1) is 25.2 Å². The van der Waals surface area contributed by atoms with Gasteiger partial charge in [0, 0.05) is 19.6 Å². The van der Waals surface area contributed by atoms with Crippen LogP contribution in [0.5, 0.6) is 0 Å². The quantitative estimate of drug-likeness (QED) is 0.838. The van der Waals surface area contributed by atoms with Crippen molar-refractivity contribution in [1.29, 1.82) is 0 Å². The van der Waals surface area contributed by atoms with Gasteiger partial charge < -0.3 is 15.0 Å². The van der Waals surface area contributed by atoms with Gasteiger partial charge in [0.15, 0.2) is 0 Å². The van der Waals surface area contributed by atoms with E-state index in [1.165, 1.54) is 5.56 Å². The molecule has 1 amide bonds. The first-order valence-corrected chi connectivity index (χ1v) is 6.50. The Morgan fingerprint density at radius 2 is 2.11 bits per heavy atom. The maximum atomic E-state index is 12.2. The summed E-state index contributed by atoms with van der Waals surface area (Å²) in [6.07, 6.45) is 0.653. The molecule has 0 aromatic heterocycles. The van der Waals surface area contributed by atoms with E-state index in [-0.39, 0.29) is 18.1 Å². The Morgan fingerprint density at radius 3 is 2.94 bits per heavy atom. The summed E-state index contributed by atoms with van der Waals surface area (Å²) < 4.78 is 5.74. The third-order valence-corrected chi connectivity index (χ3v) is 3.69. The molecule has 3 rings (SSSR count). The lowest BCUT2D eigenvalue weighted by Crippen LogP contribution is -2.44. The van der Waals surface area contributed by atoms with Crippen LogP contribution in [0.2, 0.25) is 0 Å². The number of hydrogen-bond acceptors (Lipinski definition) is 3. The molecule has 4 nitrogen and oxygen atoms in total. The molecule has 18 heavy (non-hydrogen) atoms. The van der Waals surface area contributed by atoms with Gasteiger partial charge in [-0.05, 0) is 5.56 Å². The molecule has 0 saturated carbocycles. The molecule has 2 aliphatic rings. The highest BCUT2D eigenvalue weighted by atomic mass is 16.5. The van der Waals surface area contributed by atoms with Crippen molar-refractivity contribution in [3.63, 3.8) is 0 Å². The van der Waals surface area contributed by atoms with E-state index in [4.69, 9.17) is 4.74 Å². The number of rotatable bonds is 2. The predicted molar refractivity (Wildman–Crippen MR) is 68.0 cm³/mol. The number of carbonyl (C=O) groups excluding carboxylic acids is 1. The van der Waals surface area contributed by atoms with Gasteiger partial charge >= 0.3 is 0 Å². The minimum Gasteiger partial charge on any atom is -0.374 e. The fourth-order valence-electron chi connectivity index (χ4n) is 2.73. The molecule has 0 spiro atoms. The van der Waals surface area contributed by atoms with Crippen molar-refractivity contribution >= 4 is 5.91 Å². The van der Waals surface area contributed by atoms with Gasteiger partial charge in [0.2, 0.25) is 5.91 Å². The van der Waals surface area contributed by atoms with Crippen LogP contribution in [0.1, 0.15) is 12.0 Å². The Kier molecular flexibility index (Phi) is 3.30. The zero-order valence-corrected chi connectivity index (χ0v) is 10.3. The Labute approximate surface area is 107 Å². The first-order valence-electron chi connectivity index (χ1n) is 6.50. The van der Waals surface area contributed by atoms with Gasteiger partial charge in [0.1, 0.15) is 0 Å². The zero-order valence-electron chi connectivity index (χ0n) is 10.3. The SMILES string of the molecule is O=C1CCO[C@H]2CNC[C@@H]2N1Cc1ccccc1. The standard InChI is InChI=1S/C14H18N2O2/c17-14-6-7-18-13-9-15-8-12(13)16(14)10-11-4-2-1-3-5-11/h1-5,12-13,15H,6-10H2/t12-,13-/m0/s1. The largest absolute Gasteiger partial charge is 0.374 e. The second-order valence-electron chi connectivity index (χ2n) is 4.89. The molecule has 0 unspecified atom stereocenters. The van der Waals surface area contributed by atoms with E-state index in [0.29, 0.717) is 19.6 Å². The summed E-state index contributed by atoms with van der Waals surface area (Å²) in [5, 5.41) is 3.31. The molecule has 1 N–H and O–H groups in total. The van der Waals surface area contributed by atoms with Crippen molar-refractivity contribution in [2.45, 2.75) is 25.1 Å². The topological polar surface area (TPSA) is 41.6 Å². The van der Waals surface area contributed by atoms with Gasteiger partial charge in [-0.3, -0.25) is 4.79 Å². The molecular formula is C14H18N2O2. The van der Waals surface area contributed by atoms with Crippen LogP contribution in [0.4, 0.5) is 0 Å². The van der Waals surface area contributed by atoms with Gasteiger partial charge in [-0.2, -0.15) is 0 Å². The van der Waals surface area contributed by atoms with Gasteiger partial charge in [-0.15, -0.1) is 0 Å². The van der Waals surface area contributed by atoms with Crippen LogP contribution in [-0.4, -0.2) is 42.6 Å². The van der Waals surface area contributed by atoms with Crippen LogP contribution in [-0.2, 0) is 16.1 Å². The highest BCUT2D eigenvalue weighted by Gasteiger charge is 2.37. The first-order chi connectivity index (χ1) is 8.84. The Bertz CT molecular complexity index is 421. The maximum Gasteiger partial charge on any atom is 0.225 e. The number of carbonyl (C=O) groups is 1. The molecule has 0 bridgehead atoms. The summed E-state index contributed by atoms with van der Waals surface area (Å²) in [5.41, 5.74) is 1.18. The summed E-state index contributed by atoms with van der Waals surface area (Å²) in [6.45, 7) is 2.92. The lowest BCUT2D eigenvalue weighted by molar-refractivity contribution is -0.133. The number of fused-ring (bicyclic) bond motifs is 1. The van der Waals surface area contributed by atoms with Gasteiger partial charge in [-0.1, -0.05) is 30.3 Å². The van der Waals surface area contributed by atoms with Crippen LogP contribution in [0.15, 0.2) is 30.3 Å². The number of ether oxygens (including phenoxy) is 1. The second-order valence-corrected chi connectivity index (χ2v) is 4.89. The van der Waals surface area contributed by atoms with Crippen molar-refractivity contribution in [2.75, 3.05) is 19.7 Å². The third kappa shape index (κ3) is 2.26. The van der Waals surface area contributed by atoms with E-state index in [1.807, 2.05) is 23.1 Å². The molecule has 96 valence electrons. The number of benzene rings is 1. The van der Waals surface area contributed by atoms with E-state index in [9.17, 15) is 4.79 Å². The number of hydrogen-bond donors (Lipinski definition) is 1. The molecule has 2 aliphatic heterocycles.